The van der Waals surface area contributed by atoms with E-state index in [0.29, 0.717) is 35.9 Å². The molecule has 200 valence electrons. The molecule has 1 aromatic heterocycles. The molecule has 37 heavy (non-hydrogen) atoms. The maximum absolute atomic E-state index is 14.4. The summed E-state index contributed by atoms with van der Waals surface area (Å²) in [6.07, 6.45) is 11.6. The molecule has 2 aliphatic rings. The summed E-state index contributed by atoms with van der Waals surface area (Å²) in [6, 6.07) is 1.98. The molecular formula is C29H38ClF2N5. The van der Waals surface area contributed by atoms with Crippen LogP contribution in [0.1, 0.15) is 52.1 Å². The molecule has 0 radical (unpaired) electrons. The molecule has 1 aromatic rings. The Kier molecular flexibility index (Phi) is 10.5. The third-order valence-corrected chi connectivity index (χ3v) is 7.09. The van der Waals surface area contributed by atoms with Crippen molar-refractivity contribution in [2.24, 2.45) is 0 Å². The van der Waals surface area contributed by atoms with E-state index in [-0.39, 0.29) is 16.9 Å². The Morgan fingerprint density at radius 2 is 1.84 bits per heavy atom. The zero-order valence-electron chi connectivity index (χ0n) is 22.2. The van der Waals surface area contributed by atoms with Crippen LogP contribution in [0.4, 0.5) is 20.5 Å². The lowest BCUT2D eigenvalue weighted by molar-refractivity contribution is 0.343. The van der Waals surface area contributed by atoms with E-state index in [1.165, 1.54) is 13.0 Å². The number of nitrogens with zero attached hydrogens (tertiary/aromatic N) is 5. The van der Waals surface area contributed by atoms with Crippen molar-refractivity contribution in [2.75, 3.05) is 42.5 Å². The molecule has 1 unspecified atom stereocenters. The Morgan fingerprint density at radius 3 is 2.49 bits per heavy atom. The van der Waals surface area contributed by atoms with Crippen molar-refractivity contribution in [3.63, 3.8) is 0 Å². The van der Waals surface area contributed by atoms with Crippen LogP contribution in [0.25, 0.3) is 5.57 Å². The minimum Gasteiger partial charge on any atom is -0.367 e. The molecule has 0 aromatic carbocycles. The second-order valence-electron chi connectivity index (χ2n) is 9.43. The summed E-state index contributed by atoms with van der Waals surface area (Å²) in [5, 5.41) is 0.174. The molecule has 0 aliphatic carbocycles. The van der Waals surface area contributed by atoms with E-state index in [1.807, 2.05) is 6.07 Å². The number of hydrogen-bond donors (Lipinski definition) is 0. The molecule has 3 heterocycles. The van der Waals surface area contributed by atoms with E-state index in [0.717, 1.165) is 51.3 Å². The van der Waals surface area contributed by atoms with Gasteiger partial charge in [0.2, 0.25) is 5.95 Å². The zero-order chi connectivity index (χ0) is 26.9. The van der Waals surface area contributed by atoms with Gasteiger partial charge in [0, 0.05) is 44.8 Å². The maximum atomic E-state index is 14.4. The van der Waals surface area contributed by atoms with Crippen LogP contribution in [0.5, 0.6) is 0 Å². The third-order valence-electron chi connectivity index (χ3n) is 6.64. The van der Waals surface area contributed by atoms with Crippen molar-refractivity contribution in [2.45, 2.75) is 52.5 Å². The summed E-state index contributed by atoms with van der Waals surface area (Å²) >= 11 is 5.94. The van der Waals surface area contributed by atoms with Gasteiger partial charge in [0.05, 0.1) is 16.4 Å². The van der Waals surface area contributed by atoms with E-state index in [4.69, 9.17) is 21.6 Å². The first kappa shape index (κ1) is 28.6. The lowest BCUT2D eigenvalue weighted by atomic mass is 10.1. The maximum Gasteiger partial charge on any atom is 0.227 e. The highest BCUT2D eigenvalue weighted by Gasteiger charge is 2.26. The lowest BCUT2D eigenvalue weighted by Crippen LogP contribution is -2.39. The molecule has 0 amide bonds. The van der Waals surface area contributed by atoms with Crippen LogP contribution in [0.15, 0.2) is 72.0 Å². The first-order chi connectivity index (χ1) is 17.7. The summed E-state index contributed by atoms with van der Waals surface area (Å²) < 4.78 is 28.6. The van der Waals surface area contributed by atoms with E-state index in [9.17, 15) is 8.78 Å². The van der Waals surface area contributed by atoms with Gasteiger partial charge < -0.3 is 14.7 Å². The SMILES string of the molecule is C=C/C=C\C(=C(/C)F)N1CCCN(c2cc(C(=C)/C=C\C(F)=C(\Cl)CC)nc(N3CCCC3)n2)C(C)C1. The molecule has 2 fully saturated rings. The van der Waals surface area contributed by atoms with Gasteiger partial charge in [-0.05, 0) is 57.3 Å². The fourth-order valence-electron chi connectivity index (χ4n) is 4.63. The molecular weight excluding hydrogens is 492 g/mol. The van der Waals surface area contributed by atoms with Crippen molar-refractivity contribution in [1.82, 2.24) is 14.9 Å². The normalized spacial score (nSPS) is 20.4. The number of rotatable bonds is 9. The van der Waals surface area contributed by atoms with Crippen molar-refractivity contribution in [3.8, 4) is 0 Å². The predicted molar refractivity (Wildman–Crippen MR) is 152 cm³/mol. The number of allylic oxidation sites excluding steroid dienone is 9. The van der Waals surface area contributed by atoms with Crippen LogP contribution in [-0.2, 0) is 0 Å². The first-order valence-corrected chi connectivity index (χ1v) is 13.4. The molecule has 0 saturated carbocycles. The van der Waals surface area contributed by atoms with Gasteiger partial charge in [-0.2, -0.15) is 4.98 Å². The zero-order valence-corrected chi connectivity index (χ0v) is 22.9. The van der Waals surface area contributed by atoms with E-state index in [1.54, 1.807) is 31.2 Å². The quantitative estimate of drug-likeness (QED) is 0.313. The summed E-state index contributed by atoms with van der Waals surface area (Å²) in [7, 11) is 0. The first-order valence-electron chi connectivity index (χ1n) is 13.0. The van der Waals surface area contributed by atoms with Gasteiger partial charge in [-0.25, -0.2) is 13.8 Å². The topological polar surface area (TPSA) is 35.5 Å². The molecule has 3 rings (SSSR count). The highest BCUT2D eigenvalue weighted by Crippen LogP contribution is 2.28. The Morgan fingerprint density at radius 1 is 1.11 bits per heavy atom. The monoisotopic (exact) mass is 529 g/mol. The average molecular weight is 530 g/mol. The number of halogens is 3. The van der Waals surface area contributed by atoms with E-state index < -0.39 is 5.83 Å². The second-order valence-corrected chi connectivity index (χ2v) is 9.88. The van der Waals surface area contributed by atoms with Crippen molar-refractivity contribution in [3.05, 3.63) is 77.7 Å². The van der Waals surface area contributed by atoms with Crippen LogP contribution in [-0.4, -0.2) is 53.6 Å². The smallest absolute Gasteiger partial charge is 0.227 e. The number of anilines is 2. The van der Waals surface area contributed by atoms with Crippen LogP contribution < -0.4 is 9.80 Å². The molecule has 1 atom stereocenters. The van der Waals surface area contributed by atoms with Crippen molar-refractivity contribution < 1.29 is 8.78 Å². The van der Waals surface area contributed by atoms with Crippen molar-refractivity contribution >= 4 is 28.9 Å². The van der Waals surface area contributed by atoms with Gasteiger partial charge in [0.15, 0.2) is 0 Å². The Balaban J connectivity index is 1.94. The molecule has 0 N–H and O–H groups in total. The van der Waals surface area contributed by atoms with E-state index >= 15 is 0 Å². The highest BCUT2D eigenvalue weighted by molar-refractivity contribution is 6.29. The fraction of sp³-hybridized carbons (Fsp3) is 0.448. The molecule has 8 heteroatoms. The van der Waals surface area contributed by atoms with Gasteiger partial charge in [-0.3, -0.25) is 0 Å². The predicted octanol–water partition coefficient (Wildman–Crippen LogP) is 7.32. The van der Waals surface area contributed by atoms with Gasteiger partial charge in [0.25, 0.3) is 0 Å². The molecule has 2 saturated heterocycles. The molecule has 5 nitrogen and oxygen atoms in total. The van der Waals surface area contributed by atoms with Crippen LogP contribution in [0.3, 0.4) is 0 Å². The van der Waals surface area contributed by atoms with Crippen LogP contribution in [0, 0.1) is 0 Å². The van der Waals surface area contributed by atoms with Gasteiger partial charge in [-0.1, -0.05) is 49.9 Å². The lowest BCUT2D eigenvalue weighted by Gasteiger charge is -2.32. The molecule has 2 aliphatic heterocycles. The summed E-state index contributed by atoms with van der Waals surface area (Å²) in [4.78, 5) is 16.2. The number of aromatic nitrogens is 2. The standard InChI is InChI=1S/C29H38ClF2N5/c1-6-8-12-27(23(5)31)36-17-11-18-37(22(4)20-36)28-19-26(21(3)13-14-25(32)24(30)7-2)33-29(34-28)35-15-9-10-16-35/h6,8,12-14,19,22H,1,3,7,9-11,15-18,20H2,2,4-5H3/b12-8-,14-13-,25-24-,27-23-. The fourth-order valence-corrected chi connectivity index (χ4v) is 4.69. The van der Waals surface area contributed by atoms with Gasteiger partial charge in [-0.15, -0.1) is 0 Å². The highest BCUT2D eigenvalue weighted by atomic mass is 35.5. The van der Waals surface area contributed by atoms with Crippen LogP contribution in [0.2, 0.25) is 0 Å². The van der Waals surface area contributed by atoms with Crippen LogP contribution >= 0.6 is 11.6 Å². The second kappa shape index (κ2) is 13.6. The summed E-state index contributed by atoms with van der Waals surface area (Å²) in [5.74, 6) is 0.761. The minimum absolute atomic E-state index is 0.0655. The minimum atomic E-state index is -0.474. The molecule has 0 bridgehead atoms. The number of hydrogen-bond acceptors (Lipinski definition) is 5. The average Bonchev–Trinajstić information content (AvgIpc) is 3.36. The summed E-state index contributed by atoms with van der Waals surface area (Å²) in [5.41, 5.74) is 1.80. The Hall–Kier alpha value is -2.93. The third kappa shape index (κ3) is 7.54. The van der Waals surface area contributed by atoms with Crippen molar-refractivity contribution in [1.29, 1.82) is 0 Å². The Bertz CT molecular complexity index is 1100. The molecule has 0 spiro atoms. The largest absolute Gasteiger partial charge is 0.367 e. The van der Waals surface area contributed by atoms with Gasteiger partial charge in [0.1, 0.15) is 17.5 Å². The summed E-state index contributed by atoms with van der Waals surface area (Å²) in [6.45, 7) is 17.2. The Labute approximate surface area is 225 Å². The van der Waals surface area contributed by atoms with E-state index in [2.05, 4.69) is 34.8 Å². The van der Waals surface area contributed by atoms with Gasteiger partial charge >= 0.3 is 0 Å².